The molecule has 0 aliphatic carbocycles. The molecule has 0 spiro atoms. The summed E-state index contributed by atoms with van der Waals surface area (Å²) in [7, 11) is 0. The summed E-state index contributed by atoms with van der Waals surface area (Å²) in [4.78, 5) is 8.09. The second kappa shape index (κ2) is 5.50. The number of rotatable bonds is 5. The van der Waals surface area contributed by atoms with E-state index in [0.29, 0.717) is 18.2 Å². The van der Waals surface area contributed by atoms with Gasteiger partial charge in [0.05, 0.1) is 24.6 Å². The van der Waals surface area contributed by atoms with E-state index in [9.17, 15) is 0 Å². The molecule has 1 atom stereocenters. The van der Waals surface area contributed by atoms with Crippen LogP contribution in [-0.2, 0) is 0 Å². The van der Waals surface area contributed by atoms with E-state index in [0.717, 1.165) is 0 Å². The predicted octanol–water partition coefficient (Wildman–Crippen LogP) is 1.06. The van der Waals surface area contributed by atoms with Crippen molar-refractivity contribution in [2.75, 3.05) is 11.9 Å². The molecule has 84 valence electrons. The van der Waals surface area contributed by atoms with Crippen molar-refractivity contribution in [3.63, 3.8) is 0 Å². The first-order valence-electron chi connectivity index (χ1n) is 4.98. The van der Waals surface area contributed by atoms with Gasteiger partial charge < -0.3 is 15.2 Å². The van der Waals surface area contributed by atoms with Gasteiger partial charge in [0, 0.05) is 6.54 Å². The van der Waals surface area contributed by atoms with Gasteiger partial charge in [-0.05, 0) is 20.8 Å². The highest BCUT2D eigenvalue weighted by Gasteiger charge is 2.01. The molecule has 5 nitrogen and oxygen atoms in total. The molecule has 1 heterocycles. The number of aliphatic hydroxyl groups excluding tert-OH is 1. The third-order valence-corrected chi connectivity index (χ3v) is 1.56. The second-order valence-electron chi connectivity index (χ2n) is 3.64. The van der Waals surface area contributed by atoms with Crippen LogP contribution < -0.4 is 10.1 Å². The average Bonchev–Trinajstić information content (AvgIpc) is 2.16. The fraction of sp³-hybridized carbons (Fsp3) is 0.600. The van der Waals surface area contributed by atoms with Crippen LogP contribution in [0.4, 0.5) is 5.95 Å². The van der Waals surface area contributed by atoms with E-state index >= 15 is 0 Å². The minimum Gasteiger partial charge on any atom is -0.488 e. The summed E-state index contributed by atoms with van der Waals surface area (Å²) in [5, 5.41) is 11.9. The lowest BCUT2D eigenvalue weighted by atomic mass is 10.4. The molecular formula is C10H17N3O2. The van der Waals surface area contributed by atoms with E-state index in [1.807, 2.05) is 13.8 Å². The lowest BCUT2D eigenvalue weighted by Gasteiger charge is -2.10. The maximum absolute atomic E-state index is 9.04. The van der Waals surface area contributed by atoms with E-state index in [1.54, 1.807) is 19.3 Å². The average molecular weight is 211 g/mol. The van der Waals surface area contributed by atoms with Crippen LogP contribution in [0.15, 0.2) is 12.4 Å². The van der Waals surface area contributed by atoms with Crippen LogP contribution in [0.1, 0.15) is 20.8 Å². The van der Waals surface area contributed by atoms with Gasteiger partial charge >= 0.3 is 0 Å². The molecule has 1 rings (SSSR count). The van der Waals surface area contributed by atoms with Crippen LogP contribution >= 0.6 is 0 Å². The first kappa shape index (κ1) is 11.7. The Hall–Kier alpha value is -1.36. The molecule has 1 unspecified atom stereocenters. The summed E-state index contributed by atoms with van der Waals surface area (Å²) >= 11 is 0. The highest BCUT2D eigenvalue weighted by molar-refractivity contribution is 5.27. The Morgan fingerprint density at radius 1 is 1.33 bits per heavy atom. The minimum absolute atomic E-state index is 0.116. The standard InChI is InChI=1S/C10H17N3O2/c1-7(2)15-9-5-12-10(13-6-9)11-4-8(3)14/h5-8,14H,4H2,1-3H3,(H,11,12,13). The molecule has 0 aromatic carbocycles. The van der Waals surface area contributed by atoms with E-state index in [1.165, 1.54) is 0 Å². The van der Waals surface area contributed by atoms with Crippen LogP contribution in [-0.4, -0.2) is 33.8 Å². The van der Waals surface area contributed by atoms with Crippen molar-refractivity contribution in [1.29, 1.82) is 0 Å². The molecule has 0 bridgehead atoms. The van der Waals surface area contributed by atoms with E-state index in [4.69, 9.17) is 9.84 Å². The normalized spacial score (nSPS) is 12.6. The van der Waals surface area contributed by atoms with Gasteiger partial charge in [-0.2, -0.15) is 0 Å². The number of nitrogens with zero attached hydrogens (tertiary/aromatic N) is 2. The summed E-state index contributed by atoms with van der Waals surface area (Å²) in [6.45, 7) is 6.02. The highest BCUT2D eigenvalue weighted by atomic mass is 16.5. The van der Waals surface area contributed by atoms with Crippen molar-refractivity contribution in [3.8, 4) is 5.75 Å². The Bertz CT molecular complexity index is 285. The fourth-order valence-electron chi connectivity index (χ4n) is 0.979. The van der Waals surface area contributed by atoms with Crippen molar-refractivity contribution in [2.24, 2.45) is 0 Å². The summed E-state index contributed by atoms with van der Waals surface area (Å²) in [5.41, 5.74) is 0. The number of nitrogens with one attached hydrogen (secondary N) is 1. The number of hydrogen-bond donors (Lipinski definition) is 2. The Labute approximate surface area is 89.5 Å². The number of aromatic nitrogens is 2. The molecule has 0 saturated heterocycles. The zero-order chi connectivity index (χ0) is 11.3. The Morgan fingerprint density at radius 2 is 1.93 bits per heavy atom. The molecule has 0 fully saturated rings. The predicted molar refractivity (Wildman–Crippen MR) is 58.0 cm³/mol. The molecule has 1 aromatic heterocycles. The van der Waals surface area contributed by atoms with Gasteiger partial charge in [0.25, 0.3) is 0 Å². The monoisotopic (exact) mass is 211 g/mol. The maximum Gasteiger partial charge on any atom is 0.222 e. The number of aliphatic hydroxyl groups is 1. The summed E-state index contributed by atoms with van der Waals surface area (Å²) in [5.74, 6) is 1.14. The zero-order valence-electron chi connectivity index (χ0n) is 9.27. The maximum atomic E-state index is 9.04. The lowest BCUT2D eigenvalue weighted by Crippen LogP contribution is -2.16. The van der Waals surface area contributed by atoms with Crippen molar-refractivity contribution in [1.82, 2.24) is 9.97 Å². The second-order valence-corrected chi connectivity index (χ2v) is 3.64. The fourth-order valence-corrected chi connectivity index (χ4v) is 0.979. The highest BCUT2D eigenvalue weighted by Crippen LogP contribution is 2.10. The van der Waals surface area contributed by atoms with E-state index in [-0.39, 0.29) is 6.10 Å². The molecular weight excluding hydrogens is 194 g/mol. The minimum atomic E-state index is -0.416. The van der Waals surface area contributed by atoms with Crippen molar-refractivity contribution >= 4 is 5.95 Å². The Balaban J connectivity index is 2.49. The van der Waals surface area contributed by atoms with Gasteiger partial charge in [-0.1, -0.05) is 0 Å². The van der Waals surface area contributed by atoms with Crippen LogP contribution in [0.5, 0.6) is 5.75 Å². The van der Waals surface area contributed by atoms with Crippen LogP contribution in [0.25, 0.3) is 0 Å². The van der Waals surface area contributed by atoms with Crippen LogP contribution in [0.3, 0.4) is 0 Å². The van der Waals surface area contributed by atoms with Gasteiger partial charge in [0.1, 0.15) is 0 Å². The number of ether oxygens (including phenoxy) is 1. The number of anilines is 1. The molecule has 1 aromatic rings. The largest absolute Gasteiger partial charge is 0.488 e. The van der Waals surface area contributed by atoms with E-state index < -0.39 is 6.10 Å². The summed E-state index contributed by atoms with van der Waals surface area (Å²) in [6, 6.07) is 0. The SMILES string of the molecule is CC(O)CNc1ncc(OC(C)C)cn1. The van der Waals surface area contributed by atoms with Gasteiger partial charge in [0.2, 0.25) is 5.95 Å². The molecule has 0 aliphatic heterocycles. The Morgan fingerprint density at radius 3 is 2.40 bits per heavy atom. The smallest absolute Gasteiger partial charge is 0.222 e. The Kier molecular flexibility index (Phi) is 4.30. The summed E-state index contributed by atoms with van der Waals surface area (Å²) in [6.07, 6.45) is 2.92. The summed E-state index contributed by atoms with van der Waals surface area (Å²) < 4.78 is 5.39. The van der Waals surface area contributed by atoms with Gasteiger partial charge in [0.15, 0.2) is 5.75 Å². The molecule has 2 N–H and O–H groups in total. The van der Waals surface area contributed by atoms with Crippen LogP contribution in [0, 0.1) is 0 Å². The van der Waals surface area contributed by atoms with Gasteiger partial charge in [-0.3, -0.25) is 0 Å². The molecule has 0 aliphatic rings. The van der Waals surface area contributed by atoms with Crippen molar-refractivity contribution in [3.05, 3.63) is 12.4 Å². The molecule has 15 heavy (non-hydrogen) atoms. The van der Waals surface area contributed by atoms with Gasteiger partial charge in [-0.25, -0.2) is 9.97 Å². The third kappa shape index (κ3) is 4.60. The topological polar surface area (TPSA) is 67.3 Å². The first-order valence-corrected chi connectivity index (χ1v) is 4.98. The van der Waals surface area contributed by atoms with Crippen LogP contribution in [0.2, 0.25) is 0 Å². The lowest BCUT2D eigenvalue weighted by molar-refractivity contribution is 0.208. The third-order valence-electron chi connectivity index (χ3n) is 1.56. The molecule has 5 heteroatoms. The van der Waals surface area contributed by atoms with Crippen molar-refractivity contribution < 1.29 is 9.84 Å². The van der Waals surface area contributed by atoms with E-state index in [2.05, 4.69) is 15.3 Å². The number of hydrogen-bond acceptors (Lipinski definition) is 5. The molecule has 0 saturated carbocycles. The van der Waals surface area contributed by atoms with Crippen molar-refractivity contribution in [2.45, 2.75) is 33.0 Å². The molecule has 0 radical (unpaired) electrons. The first-order chi connectivity index (χ1) is 7.08. The molecule has 0 amide bonds. The van der Waals surface area contributed by atoms with Gasteiger partial charge in [-0.15, -0.1) is 0 Å². The zero-order valence-corrected chi connectivity index (χ0v) is 9.27. The quantitative estimate of drug-likeness (QED) is 0.762.